The SMILES string of the molecule is Cn1nc2cc(Br)ccc2c1C(=O)NCC1CCCN1c1ccccc1. The first-order valence-corrected chi connectivity index (χ1v) is 9.65. The first-order chi connectivity index (χ1) is 12.6. The van der Waals surface area contributed by atoms with Crippen LogP contribution in [-0.4, -0.2) is 34.8 Å². The summed E-state index contributed by atoms with van der Waals surface area (Å²) in [7, 11) is 1.81. The number of nitrogens with zero attached hydrogens (tertiary/aromatic N) is 3. The van der Waals surface area contributed by atoms with Crippen LogP contribution < -0.4 is 10.2 Å². The monoisotopic (exact) mass is 412 g/mol. The Morgan fingerprint density at radius 2 is 2.08 bits per heavy atom. The Morgan fingerprint density at radius 3 is 2.88 bits per heavy atom. The number of aromatic nitrogens is 2. The van der Waals surface area contributed by atoms with E-state index in [0.29, 0.717) is 18.3 Å². The van der Waals surface area contributed by atoms with Crippen molar-refractivity contribution in [2.75, 3.05) is 18.0 Å². The van der Waals surface area contributed by atoms with Crippen LogP contribution in [0.1, 0.15) is 23.3 Å². The van der Waals surface area contributed by atoms with Gasteiger partial charge in [-0.3, -0.25) is 9.48 Å². The van der Waals surface area contributed by atoms with Crippen LogP contribution in [-0.2, 0) is 7.05 Å². The van der Waals surface area contributed by atoms with Crippen LogP contribution in [0.25, 0.3) is 10.9 Å². The fourth-order valence-corrected chi connectivity index (χ4v) is 4.09. The first kappa shape index (κ1) is 17.1. The van der Waals surface area contributed by atoms with Gasteiger partial charge in [-0.1, -0.05) is 34.1 Å². The third kappa shape index (κ3) is 3.21. The zero-order valence-corrected chi connectivity index (χ0v) is 16.2. The molecule has 6 heteroatoms. The van der Waals surface area contributed by atoms with Crippen molar-refractivity contribution in [3.63, 3.8) is 0 Å². The molecule has 5 nitrogen and oxygen atoms in total. The van der Waals surface area contributed by atoms with E-state index in [1.807, 2.05) is 31.3 Å². The molecule has 0 saturated carbocycles. The van der Waals surface area contributed by atoms with Crippen LogP contribution in [0.15, 0.2) is 53.0 Å². The van der Waals surface area contributed by atoms with E-state index in [1.54, 1.807) is 4.68 Å². The number of rotatable bonds is 4. The number of carbonyl (C=O) groups is 1. The molecule has 2 heterocycles. The van der Waals surface area contributed by atoms with E-state index >= 15 is 0 Å². The molecule has 0 aliphatic carbocycles. The average Bonchev–Trinajstić information content (AvgIpc) is 3.23. The Bertz CT molecular complexity index is 938. The van der Waals surface area contributed by atoms with Crippen LogP contribution in [0.2, 0.25) is 0 Å². The van der Waals surface area contributed by atoms with E-state index in [0.717, 1.165) is 34.8 Å². The molecule has 0 radical (unpaired) electrons. The second kappa shape index (κ2) is 7.11. The molecule has 4 rings (SSSR count). The summed E-state index contributed by atoms with van der Waals surface area (Å²) in [6.07, 6.45) is 2.24. The second-order valence-corrected chi connectivity index (χ2v) is 7.58. The molecule has 1 aliphatic rings. The van der Waals surface area contributed by atoms with Crippen molar-refractivity contribution >= 4 is 38.4 Å². The predicted molar refractivity (Wildman–Crippen MR) is 108 cm³/mol. The Kier molecular flexibility index (Phi) is 4.68. The van der Waals surface area contributed by atoms with Crippen molar-refractivity contribution < 1.29 is 4.79 Å². The molecule has 1 atom stereocenters. The van der Waals surface area contributed by atoms with E-state index < -0.39 is 0 Å². The van der Waals surface area contributed by atoms with Crippen molar-refractivity contribution in [1.29, 1.82) is 0 Å². The lowest BCUT2D eigenvalue weighted by molar-refractivity contribution is 0.0943. The molecule has 1 aromatic heterocycles. The van der Waals surface area contributed by atoms with Crippen molar-refractivity contribution in [2.24, 2.45) is 7.05 Å². The molecule has 2 aromatic carbocycles. The third-order valence-electron chi connectivity index (χ3n) is 4.97. The lowest BCUT2D eigenvalue weighted by atomic mass is 10.1. The predicted octanol–water partition coefficient (Wildman–Crippen LogP) is 3.73. The second-order valence-electron chi connectivity index (χ2n) is 6.67. The quantitative estimate of drug-likeness (QED) is 0.709. The molecule has 1 amide bonds. The highest BCUT2D eigenvalue weighted by atomic mass is 79.9. The number of hydrogen-bond acceptors (Lipinski definition) is 3. The standard InChI is InChI=1S/C20H21BrN4O/c1-24-19(17-10-9-14(21)12-18(17)23-24)20(26)22-13-16-8-5-11-25(16)15-6-3-2-4-7-15/h2-4,6-7,9-10,12,16H,5,8,11,13H2,1H3,(H,22,26). The first-order valence-electron chi connectivity index (χ1n) is 8.85. The van der Waals surface area contributed by atoms with Crippen molar-refractivity contribution in [3.8, 4) is 0 Å². The molecule has 0 spiro atoms. The minimum absolute atomic E-state index is 0.0720. The fraction of sp³-hybridized carbons (Fsp3) is 0.300. The number of nitrogens with one attached hydrogen (secondary N) is 1. The van der Waals surface area contributed by atoms with Crippen molar-refractivity contribution in [1.82, 2.24) is 15.1 Å². The van der Waals surface area contributed by atoms with Gasteiger partial charge in [-0.15, -0.1) is 0 Å². The Labute approximate surface area is 161 Å². The summed E-state index contributed by atoms with van der Waals surface area (Å²) < 4.78 is 2.62. The molecule has 134 valence electrons. The van der Waals surface area contributed by atoms with E-state index in [2.05, 4.69) is 55.5 Å². The van der Waals surface area contributed by atoms with E-state index in [-0.39, 0.29) is 5.91 Å². The van der Waals surface area contributed by atoms with Gasteiger partial charge in [-0.2, -0.15) is 5.10 Å². The van der Waals surface area contributed by atoms with Gasteiger partial charge >= 0.3 is 0 Å². The molecular weight excluding hydrogens is 392 g/mol. The maximum Gasteiger partial charge on any atom is 0.270 e. The van der Waals surface area contributed by atoms with Crippen LogP contribution in [0, 0.1) is 0 Å². The maximum absolute atomic E-state index is 12.8. The normalized spacial score (nSPS) is 17.0. The number of amides is 1. The van der Waals surface area contributed by atoms with Gasteiger partial charge in [0.15, 0.2) is 0 Å². The number of aryl methyl sites for hydroxylation is 1. The van der Waals surface area contributed by atoms with E-state index in [9.17, 15) is 4.79 Å². The largest absolute Gasteiger partial charge is 0.367 e. The molecule has 26 heavy (non-hydrogen) atoms. The molecule has 1 fully saturated rings. The molecule has 1 saturated heterocycles. The molecule has 1 unspecified atom stereocenters. The number of hydrogen-bond donors (Lipinski definition) is 1. The lowest BCUT2D eigenvalue weighted by Gasteiger charge is -2.27. The molecule has 3 aromatic rings. The summed E-state index contributed by atoms with van der Waals surface area (Å²) in [4.78, 5) is 15.2. The number of carbonyl (C=O) groups excluding carboxylic acids is 1. The minimum Gasteiger partial charge on any atom is -0.367 e. The molecular formula is C20H21BrN4O. The summed E-state index contributed by atoms with van der Waals surface area (Å²) in [5.74, 6) is -0.0720. The molecule has 0 bridgehead atoms. The van der Waals surface area contributed by atoms with E-state index in [4.69, 9.17) is 0 Å². The van der Waals surface area contributed by atoms with Crippen molar-refractivity contribution in [3.05, 3.63) is 58.7 Å². The maximum atomic E-state index is 12.8. The van der Waals surface area contributed by atoms with Gasteiger partial charge in [0.25, 0.3) is 5.91 Å². The number of fused-ring (bicyclic) bond motifs is 1. The Hall–Kier alpha value is -2.34. The highest BCUT2D eigenvalue weighted by Crippen LogP contribution is 2.25. The third-order valence-corrected chi connectivity index (χ3v) is 5.47. The molecule has 1 N–H and O–H groups in total. The van der Waals surface area contributed by atoms with E-state index in [1.165, 1.54) is 5.69 Å². The fourth-order valence-electron chi connectivity index (χ4n) is 3.74. The van der Waals surface area contributed by atoms with Gasteiger partial charge in [0, 0.05) is 41.7 Å². The summed E-state index contributed by atoms with van der Waals surface area (Å²) in [5, 5.41) is 8.45. The summed E-state index contributed by atoms with van der Waals surface area (Å²) in [6, 6.07) is 16.5. The van der Waals surface area contributed by atoms with Crippen LogP contribution in [0.4, 0.5) is 5.69 Å². The van der Waals surface area contributed by atoms with Gasteiger partial charge in [0.1, 0.15) is 5.69 Å². The van der Waals surface area contributed by atoms with Gasteiger partial charge in [0.05, 0.1) is 5.52 Å². The average molecular weight is 413 g/mol. The number of anilines is 1. The highest BCUT2D eigenvalue weighted by Gasteiger charge is 2.26. The van der Waals surface area contributed by atoms with Crippen LogP contribution in [0.3, 0.4) is 0 Å². The summed E-state index contributed by atoms with van der Waals surface area (Å²) in [6.45, 7) is 1.67. The zero-order valence-electron chi connectivity index (χ0n) is 14.7. The number of benzene rings is 2. The smallest absolute Gasteiger partial charge is 0.270 e. The molecule has 1 aliphatic heterocycles. The van der Waals surface area contributed by atoms with Crippen LogP contribution >= 0.6 is 15.9 Å². The Balaban J connectivity index is 1.50. The van der Waals surface area contributed by atoms with Crippen LogP contribution in [0.5, 0.6) is 0 Å². The van der Waals surface area contributed by atoms with Gasteiger partial charge in [-0.05, 0) is 43.2 Å². The zero-order chi connectivity index (χ0) is 18.1. The van der Waals surface area contributed by atoms with Crippen molar-refractivity contribution in [2.45, 2.75) is 18.9 Å². The van der Waals surface area contributed by atoms with Gasteiger partial charge < -0.3 is 10.2 Å². The minimum atomic E-state index is -0.0720. The summed E-state index contributed by atoms with van der Waals surface area (Å²) in [5.41, 5.74) is 2.65. The van der Waals surface area contributed by atoms with Gasteiger partial charge in [-0.25, -0.2) is 0 Å². The topological polar surface area (TPSA) is 50.2 Å². The lowest BCUT2D eigenvalue weighted by Crippen LogP contribution is -2.40. The number of halogens is 1. The summed E-state index contributed by atoms with van der Waals surface area (Å²) >= 11 is 3.45. The number of para-hydroxylation sites is 1. The highest BCUT2D eigenvalue weighted by molar-refractivity contribution is 9.10. The Morgan fingerprint density at radius 1 is 1.27 bits per heavy atom. The van der Waals surface area contributed by atoms with Gasteiger partial charge in [0.2, 0.25) is 0 Å².